The maximum atomic E-state index is 11.9. The van der Waals surface area contributed by atoms with Crippen LogP contribution >= 0.6 is 27.3 Å². The summed E-state index contributed by atoms with van der Waals surface area (Å²) >= 11 is 5.02. The number of hydrogen-bond acceptors (Lipinski definition) is 5. The highest BCUT2D eigenvalue weighted by Gasteiger charge is 2.19. The molecule has 3 aromatic rings. The van der Waals surface area contributed by atoms with Gasteiger partial charge in [0.15, 0.2) is 11.3 Å². The zero-order chi connectivity index (χ0) is 14.3. The van der Waals surface area contributed by atoms with Crippen LogP contribution in [-0.2, 0) is 4.74 Å². The van der Waals surface area contributed by atoms with Gasteiger partial charge in [0.2, 0.25) is 0 Å². The van der Waals surface area contributed by atoms with Crippen molar-refractivity contribution < 1.29 is 9.53 Å². The van der Waals surface area contributed by atoms with Gasteiger partial charge in [-0.2, -0.15) is 5.10 Å². The van der Waals surface area contributed by atoms with Crippen LogP contribution in [0.4, 0.5) is 0 Å². The second kappa shape index (κ2) is 4.99. The van der Waals surface area contributed by atoms with Gasteiger partial charge in [-0.1, -0.05) is 6.07 Å². The lowest BCUT2D eigenvalue weighted by atomic mass is 10.2. The van der Waals surface area contributed by atoms with Crippen molar-refractivity contribution in [2.45, 2.75) is 6.92 Å². The largest absolute Gasteiger partial charge is 0.464 e. The van der Waals surface area contributed by atoms with Crippen LogP contribution in [0.2, 0.25) is 0 Å². The van der Waals surface area contributed by atoms with Crippen molar-refractivity contribution in [3.63, 3.8) is 0 Å². The summed E-state index contributed by atoms with van der Waals surface area (Å²) in [6.45, 7) is 1.85. The molecule has 0 atom stereocenters. The fourth-order valence-corrected chi connectivity index (χ4v) is 2.92. The lowest BCUT2D eigenvalue weighted by Gasteiger charge is -2.05. The quantitative estimate of drug-likeness (QED) is 0.664. The van der Waals surface area contributed by atoms with Crippen molar-refractivity contribution in [2.24, 2.45) is 0 Å². The van der Waals surface area contributed by atoms with Crippen LogP contribution in [-0.4, -0.2) is 27.7 Å². The maximum Gasteiger partial charge on any atom is 0.356 e. The Hall–Kier alpha value is -1.73. The van der Waals surface area contributed by atoms with E-state index in [-0.39, 0.29) is 0 Å². The SMILES string of the molecule is COC(=O)c1cc(-c2cccs2)nc2c(Br)c(C)nn12. The Morgan fingerprint density at radius 2 is 2.30 bits per heavy atom. The first-order chi connectivity index (χ1) is 9.61. The number of carbonyl (C=O) groups excluding carboxylic acids is 1. The molecule has 0 saturated heterocycles. The molecule has 0 aliphatic rings. The second-order valence-corrected chi connectivity index (χ2v) is 5.87. The molecule has 0 saturated carbocycles. The number of esters is 1. The molecule has 0 aliphatic heterocycles. The Bertz CT molecular complexity index is 796. The maximum absolute atomic E-state index is 11.9. The molecule has 102 valence electrons. The number of rotatable bonds is 2. The Balaban J connectivity index is 2.34. The minimum Gasteiger partial charge on any atom is -0.464 e. The number of carbonyl (C=O) groups is 1. The monoisotopic (exact) mass is 351 g/mol. The van der Waals surface area contributed by atoms with Crippen LogP contribution in [0.1, 0.15) is 16.2 Å². The molecule has 20 heavy (non-hydrogen) atoms. The number of hydrogen-bond donors (Lipinski definition) is 0. The fourth-order valence-electron chi connectivity index (χ4n) is 1.90. The molecule has 0 amide bonds. The van der Waals surface area contributed by atoms with E-state index < -0.39 is 5.97 Å². The second-order valence-electron chi connectivity index (χ2n) is 4.13. The van der Waals surface area contributed by atoms with Crippen LogP contribution < -0.4 is 0 Å². The number of ether oxygens (including phenoxy) is 1. The zero-order valence-electron chi connectivity index (χ0n) is 10.8. The molecule has 0 bridgehead atoms. The van der Waals surface area contributed by atoms with Gasteiger partial charge in [0.1, 0.15) is 0 Å². The summed E-state index contributed by atoms with van der Waals surface area (Å²) in [6, 6.07) is 5.60. The summed E-state index contributed by atoms with van der Waals surface area (Å²) < 4.78 is 7.11. The number of thiophene rings is 1. The van der Waals surface area contributed by atoms with Crippen molar-refractivity contribution in [1.29, 1.82) is 0 Å². The predicted molar refractivity (Wildman–Crippen MR) is 80.1 cm³/mol. The summed E-state index contributed by atoms with van der Waals surface area (Å²) in [5.74, 6) is -0.440. The third kappa shape index (κ3) is 2.03. The van der Waals surface area contributed by atoms with Gasteiger partial charge < -0.3 is 4.74 Å². The fraction of sp³-hybridized carbons (Fsp3) is 0.154. The first-order valence-corrected chi connectivity index (χ1v) is 7.47. The van der Waals surface area contributed by atoms with E-state index in [1.54, 1.807) is 17.4 Å². The highest BCUT2D eigenvalue weighted by atomic mass is 79.9. The van der Waals surface area contributed by atoms with Gasteiger partial charge in [0.05, 0.1) is 27.8 Å². The molecule has 3 aromatic heterocycles. The van der Waals surface area contributed by atoms with Crippen molar-refractivity contribution >= 4 is 38.9 Å². The van der Waals surface area contributed by atoms with Crippen molar-refractivity contribution in [3.05, 3.63) is 39.4 Å². The molecule has 0 N–H and O–H groups in total. The molecule has 7 heteroatoms. The first kappa shape index (κ1) is 13.3. The van der Waals surface area contributed by atoms with Crippen LogP contribution in [0.15, 0.2) is 28.1 Å². The summed E-state index contributed by atoms with van der Waals surface area (Å²) in [7, 11) is 1.35. The number of aromatic nitrogens is 3. The van der Waals surface area contributed by atoms with Crippen molar-refractivity contribution in [3.8, 4) is 10.6 Å². The van der Waals surface area contributed by atoms with Gasteiger partial charge in [0, 0.05) is 0 Å². The average molecular weight is 352 g/mol. The Morgan fingerprint density at radius 1 is 1.50 bits per heavy atom. The molecular formula is C13H10BrN3O2S. The standard InChI is InChI=1S/C13H10BrN3O2S/c1-7-11(14)12-15-8(10-4-3-5-20-10)6-9(13(18)19-2)17(12)16-7/h3-6H,1-2H3. The van der Waals surface area contributed by atoms with E-state index in [1.807, 2.05) is 24.4 Å². The average Bonchev–Trinajstić information content (AvgIpc) is 3.07. The van der Waals surface area contributed by atoms with E-state index in [4.69, 9.17) is 4.74 Å². The van der Waals surface area contributed by atoms with E-state index in [1.165, 1.54) is 11.6 Å². The highest BCUT2D eigenvalue weighted by molar-refractivity contribution is 9.10. The van der Waals surface area contributed by atoms with Crippen molar-refractivity contribution in [1.82, 2.24) is 14.6 Å². The lowest BCUT2D eigenvalue weighted by molar-refractivity contribution is 0.0590. The molecular weight excluding hydrogens is 342 g/mol. The van der Waals surface area contributed by atoms with E-state index in [0.29, 0.717) is 11.3 Å². The van der Waals surface area contributed by atoms with Crippen LogP contribution in [0.3, 0.4) is 0 Å². The van der Waals surface area contributed by atoms with Gasteiger partial charge in [-0.3, -0.25) is 0 Å². The number of fused-ring (bicyclic) bond motifs is 1. The normalized spacial score (nSPS) is 10.9. The van der Waals surface area contributed by atoms with Gasteiger partial charge in [0.25, 0.3) is 0 Å². The lowest BCUT2D eigenvalue weighted by Crippen LogP contribution is -2.10. The van der Waals surface area contributed by atoms with Gasteiger partial charge in [-0.15, -0.1) is 11.3 Å². The molecule has 0 aromatic carbocycles. The number of halogens is 1. The summed E-state index contributed by atoms with van der Waals surface area (Å²) in [4.78, 5) is 17.5. The number of aryl methyl sites for hydroxylation is 1. The van der Waals surface area contributed by atoms with Gasteiger partial charge in [-0.25, -0.2) is 14.3 Å². The van der Waals surface area contributed by atoms with Gasteiger partial charge >= 0.3 is 5.97 Å². The van der Waals surface area contributed by atoms with E-state index in [2.05, 4.69) is 26.0 Å². The van der Waals surface area contributed by atoms with Crippen LogP contribution in [0.25, 0.3) is 16.2 Å². The van der Waals surface area contributed by atoms with E-state index >= 15 is 0 Å². The molecule has 0 spiro atoms. The molecule has 3 heterocycles. The molecule has 0 unspecified atom stereocenters. The van der Waals surface area contributed by atoms with Gasteiger partial charge in [-0.05, 0) is 40.4 Å². The smallest absolute Gasteiger partial charge is 0.356 e. The molecule has 0 radical (unpaired) electrons. The Kier molecular flexibility index (Phi) is 3.31. The van der Waals surface area contributed by atoms with E-state index in [9.17, 15) is 4.79 Å². The first-order valence-electron chi connectivity index (χ1n) is 5.80. The Morgan fingerprint density at radius 3 is 2.95 bits per heavy atom. The summed E-state index contributed by atoms with van der Waals surface area (Å²) in [5, 5.41) is 6.28. The molecule has 3 rings (SSSR count). The molecule has 0 fully saturated rings. The highest BCUT2D eigenvalue weighted by Crippen LogP contribution is 2.28. The van der Waals surface area contributed by atoms with E-state index in [0.717, 1.165) is 20.7 Å². The van der Waals surface area contributed by atoms with Crippen LogP contribution in [0.5, 0.6) is 0 Å². The minimum absolute atomic E-state index is 0.356. The molecule has 5 nitrogen and oxygen atoms in total. The third-order valence-electron chi connectivity index (χ3n) is 2.86. The zero-order valence-corrected chi connectivity index (χ0v) is 13.2. The number of methoxy groups -OCH3 is 1. The minimum atomic E-state index is -0.440. The van der Waals surface area contributed by atoms with Crippen molar-refractivity contribution in [2.75, 3.05) is 7.11 Å². The Labute approximate surface area is 127 Å². The van der Waals surface area contributed by atoms with Crippen LogP contribution in [0, 0.1) is 6.92 Å². The summed E-state index contributed by atoms with van der Waals surface area (Å²) in [5.41, 5.74) is 2.46. The topological polar surface area (TPSA) is 56.5 Å². The number of nitrogens with zero attached hydrogens (tertiary/aromatic N) is 3. The predicted octanol–water partition coefficient (Wildman–Crippen LogP) is 3.32. The third-order valence-corrected chi connectivity index (χ3v) is 4.68. The summed E-state index contributed by atoms with van der Waals surface area (Å²) in [6.07, 6.45) is 0. The molecule has 0 aliphatic carbocycles.